The summed E-state index contributed by atoms with van der Waals surface area (Å²) in [4.78, 5) is 0. The summed E-state index contributed by atoms with van der Waals surface area (Å²) in [6.07, 6.45) is 14.6. The van der Waals surface area contributed by atoms with Crippen molar-refractivity contribution in [3.63, 3.8) is 0 Å². The predicted octanol–water partition coefficient (Wildman–Crippen LogP) is 9.15. The monoisotopic (exact) mass is 416 g/mol. The van der Waals surface area contributed by atoms with Crippen molar-refractivity contribution in [3.8, 4) is 11.1 Å². The zero-order valence-corrected chi connectivity index (χ0v) is 20.8. The van der Waals surface area contributed by atoms with Crippen molar-refractivity contribution in [3.05, 3.63) is 58.1 Å². The second-order valence-corrected chi connectivity index (χ2v) is 11.2. The van der Waals surface area contributed by atoms with Crippen molar-refractivity contribution in [1.82, 2.24) is 0 Å². The zero-order chi connectivity index (χ0) is 22.0. The molecule has 0 saturated heterocycles. The average Bonchev–Trinajstić information content (AvgIpc) is 2.80. The lowest BCUT2D eigenvalue weighted by molar-refractivity contribution is 0.148. The molecule has 4 rings (SSSR count). The highest BCUT2D eigenvalue weighted by Gasteiger charge is 2.29. The molecular formula is C31H44. The van der Waals surface area contributed by atoms with Crippen LogP contribution in [0.15, 0.2) is 30.3 Å². The molecule has 2 aromatic rings. The topological polar surface area (TPSA) is 0 Å². The lowest BCUT2D eigenvalue weighted by Gasteiger charge is -2.37. The summed E-state index contributed by atoms with van der Waals surface area (Å²) < 4.78 is 0. The van der Waals surface area contributed by atoms with Gasteiger partial charge in [0.15, 0.2) is 0 Å². The van der Waals surface area contributed by atoms with E-state index >= 15 is 0 Å². The van der Waals surface area contributed by atoms with Gasteiger partial charge in [-0.15, -0.1) is 0 Å². The van der Waals surface area contributed by atoms with Crippen molar-refractivity contribution in [1.29, 1.82) is 0 Å². The van der Waals surface area contributed by atoms with Gasteiger partial charge >= 0.3 is 0 Å². The predicted molar refractivity (Wildman–Crippen MR) is 136 cm³/mol. The molecule has 168 valence electrons. The maximum atomic E-state index is 2.45. The van der Waals surface area contributed by atoms with Crippen molar-refractivity contribution in [2.24, 2.45) is 23.7 Å². The first kappa shape index (κ1) is 22.6. The first-order valence-corrected chi connectivity index (χ1v) is 13.1. The van der Waals surface area contributed by atoms with E-state index in [1.54, 1.807) is 0 Å². The van der Waals surface area contributed by atoms with E-state index in [0.29, 0.717) is 0 Å². The number of rotatable bonds is 5. The van der Waals surface area contributed by atoms with E-state index in [9.17, 15) is 0 Å². The van der Waals surface area contributed by atoms with Gasteiger partial charge in [-0.1, -0.05) is 62.9 Å². The molecule has 2 fully saturated rings. The van der Waals surface area contributed by atoms with E-state index in [1.807, 2.05) is 0 Å². The van der Waals surface area contributed by atoms with Gasteiger partial charge in [-0.05, 0) is 129 Å². The summed E-state index contributed by atoms with van der Waals surface area (Å²) in [5.74, 6) is 4.06. The molecule has 0 radical (unpaired) electrons. The Morgan fingerprint density at radius 3 is 1.87 bits per heavy atom. The van der Waals surface area contributed by atoms with Crippen molar-refractivity contribution >= 4 is 0 Å². The zero-order valence-electron chi connectivity index (χ0n) is 20.8. The normalized spacial score (nSPS) is 26.7. The molecule has 0 N–H and O–H groups in total. The first-order valence-electron chi connectivity index (χ1n) is 13.1. The van der Waals surface area contributed by atoms with Crippen LogP contribution in [0.3, 0.4) is 0 Å². The minimum Gasteiger partial charge on any atom is -0.0625 e. The second kappa shape index (κ2) is 9.93. The molecule has 0 atom stereocenters. The fourth-order valence-corrected chi connectivity index (χ4v) is 6.44. The number of aryl methyl sites for hydroxylation is 2. The highest BCUT2D eigenvalue weighted by atomic mass is 14.3. The first-order chi connectivity index (χ1) is 14.9. The van der Waals surface area contributed by atoms with Crippen LogP contribution in [0, 0.1) is 51.4 Å². The van der Waals surface area contributed by atoms with Gasteiger partial charge in [-0.25, -0.2) is 0 Å². The van der Waals surface area contributed by atoms with E-state index in [4.69, 9.17) is 0 Å². The maximum Gasteiger partial charge on any atom is -0.0149 e. The SMILES string of the molecule is Cc1cc(-c2ccc(CCC3CCC(C4CCC(C)CC4)CC3)cc2)c(C)c(C)c1C. The molecule has 0 bridgehead atoms. The van der Waals surface area contributed by atoms with Crippen LogP contribution >= 0.6 is 0 Å². The molecular weight excluding hydrogens is 372 g/mol. The second-order valence-electron chi connectivity index (χ2n) is 11.2. The van der Waals surface area contributed by atoms with Crippen LogP contribution in [-0.4, -0.2) is 0 Å². The highest BCUT2D eigenvalue weighted by molar-refractivity contribution is 5.70. The van der Waals surface area contributed by atoms with Gasteiger partial charge in [0.05, 0.1) is 0 Å². The Morgan fingerprint density at radius 1 is 0.677 bits per heavy atom. The molecule has 2 aliphatic rings. The van der Waals surface area contributed by atoms with E-state index in [1.165, 1.54) is 103 Å². The van der Waals surface area contributed by atoms with Crippen molar-refractivity contribution in [2.75, 3.05) is 0 Å². The maximum absolute atomic E-state index is 2.45. The van der Waals surface area contributed by atoms with E-state index in [0.717, 1.165) is 23.7 Å². The average molecular weight is 417 g/mol. The Labute approximate surface area is 191 Å². The van der Waals surface area contributed by atoms with Gasteiger partial charge < -0.3 is 0 Å². The summed E-state index contributed by atoms with van der Waals surface area (Å²) >= 11 is 0. The summed E-state index contributed by atoms with van der Waals surface area (Å²) in [7, 11) is 0. The summed E-state index contributed by atoms with van der Waals surface area (Å²) in [5.41, 5.74) is 10.0. The molecule has 2 saturated carbocycles. The summed E-state index contributed by atoms with van der Waals surface area (Å²) in [6.45, 7) is 11.5. The third kappa shape index (κ3) is 5.27. The molecule has 0 aliphatic heterocycles. The quantitative estimate of drug-likeness (QED) is 0.456. The Kier molecular flexibility index (Phi) is 7.25. The molecule has 2 aliphatic carbocycles. The standard InChI is InChI=1S/C31H44/c1-21-6-14-28(15-7-21)29-16-10-26(11-17-29)8-9-27-12-18-30(19-13-27)31-20-22(2)23(3)24(4)25(31)5/h12-13,18-21,26,28-29H,6-11,14-17H2,1-5H3. The highest BCUT2D eigenvalue weighted by Crippen LogP contribution is 2.42. The number of hydrogen-bond donors (Lipinski definition) is 0. The number of benzene rings is 2. The molecule has 0 aromatic heterocycles. The molecule has 2 aromatic carbocycles. The molecule has 0 nitrogen and oxygen atoms in total. The van der Waals surface area contributed by atoms with Crippen molar-refractivity contribution < 1.29 is 0 Å². The van der Waals surface area contributed by atoms with Crippen LogP contribution in [0.25, 0.3) is 11.1 Å². The third-order valence-electron chi connectivity index (χ3n) is 9.21. The van der Waals surface area contributed by atoms with Crippen LogP contribution in [0.1, 0.15) is 92.5 Å². The molecule has 0 unspecified atom stereocenters. The van der Waals surface area contributed by atoms with Gasteiger partial charge in [-0.2, -0.15) is 0 Å². The van der Waals surface area contributed by atoms with Crippen molar-refractivity contribution in [2.45, 2.75) is 98.8 Å². The summed E-state index contributed by atoms with van der Waals surface area (Å²) in [6, 6.07) is 11.8. The van der Waals surface area contributed by atoms with Gasteiger partial charge in [0.2, 0.25) is 0 Å². The molecule has 0 heteroatoms. The van der Waals surface area contributed by atoms with E-state index in [-0.39, 0.29) is 0 Å². The van der Waals surface area contributed by atoms with E-state index in [2.05, 4.69) is 65.0 Å². The lowest BCUT2D eigenvalue weighted by Crippen LogP contribution is -2.25. The van der Waals surface area contributed by atoms with Gasteiger partial charge in [0.25, 0.3) is 0 Å². The van der Waals surface area contributed by atoms with Gasteiger partial charge in [-0.3, -0.25) is 0 Å². The molecule has 31 heavy (non-hydrogen) atoms. The molecule has 0 heterocycles. The Hall–Kier alpha value is -1.56. The van der Waals surface area contributed by atoms with Crippen LogP contribution in [0.5, 0.6) is 0 Å². The van der Waals surface area contributed by atoms with Crippen LogP contribution in [0.4, 0.5) is 0 Å². The minimum atomic E-state index is 0.961. The minimum absolute atomic E-state index is 0.961. The van der Waals surface area contributed by atoms with Gasteiger partial charge in [0, 0.05) is 0 Å². The van der Waals surface area contributed by atoms with Crippen LogP contribution < -0.4 is 0 Å². The van der Waals surface area contributed by atoms with Gasteiger partial charge in [0.1, 0.15) is 0 Å². The molecule has 0 amide bonds. The smallest absolute Gasteiger partial charge is 0.0149 e. The Bertz CT molecular complexity index is 856. The fraction of sp³-hybridized carbons (Fsp3) is 0.613. The van der Waals surface area contributed by atoms with Crippen LogP contribution in [0.2, 0.25) is 0 Å². The van der Waals surface area contributed by atoms with Crippen LogP contribution in [-0.2, 0) is 6.42 Å². The van der Waals surface area contributed by atoms with E-state index < -0.39 is 0 Å². The summed E-state index contributed by atoms with van der Waals surface area (Å²) in [5, 5.41) is 0. The lowest BCUT2D eigenvalue weighted by atomic mass is 9.69. The largest absolute Gasteiger partial charge is 0.0625 e. The molecule has 0 spiro atoms. The Balaban J connectivity index is 1.29. The number of hydrogen-bond acceptors (Lipinski definition) is 0. The third-order valence-corrected chi connectivity index (χ3v) is 9.21. The fourth-order valence-electron chi connectivity index (χ4n) is 6.44. The Morgan fingerprint density at radius 2 is 1.26 bits per heavy atom.